The molecule has 116 valence electrons. The molecule has 0 aliphatic rings. The molecule has 0 atom stereocenters. The lowest BCUT2D eigenvalue weighted by molar-refractivity contribution is 0.748. The smallest absolute Gasteiger partial charge is 0.139 e. The normalized spacial score (nSPS) is 11.5. The van der Waals surface area contributed by atoms with Crippen LogP contribution in [0.5, 0.6) is 0 Å². The zero-order valence-corrected chi connectivity index (χ0v) is 13.7. The average Bonchev–Trinajstić information content (AvgIpc) is 3.22. The summed E-state index contributed by atoms with van der Waals surface area (Å²) < 4.78 is 0. The van der Waals surface area contributed by atoms with Gasteiger partial charge in [0.1, 0.15) is 5.01 Å². The summed E-state index contributed by atoms with van der Waals surface area (Å²) in [5.74, 6) is 0. The molecule has 0 aliphatic heterocycles. The third-order valence-corrected chi connectivity index (χ3v) is 5.12. The molecule has 0 amide bonds. The predicted octanol–water partition coefficient (Wildman–Crippen LogP) is 4.73. The second-order valence-electron chi connectivity index (χ2n) is 5.77. The quantitative estimate of drug-likeness (QED) is 0.522. The van der Waals surface area contributed by atoms with Crippen molar-refractivity contribution in [3.05, 3.63) is 53.5 Å². The molecule has 4 aromatic rings. The van der Waals surface area contributed by atoms with E-state index in [2.05, 4.69) is 46.4 Å². The van der Waals surface area contributed by atoms with Crippen LogP contribution in [0.4, 0.5) is 0 Å². The Hall–Kier alpha value is -2.17. The van der Waals surface area contributed by atoms with Gasteiger partial charge in [-0.1, -0.05) is 36.4 Å². The van der Waals surface area contributed by atoms with Gasteiger partial charge in [0, 0.05) is 22.3 Å². The monoisotopic (exact) mass is 321 g/mol. The molecule has 0 saturated heterocycles. The Bertz CT molecular complexity index is 938. The second-order valence-corrected chi connectivity index (χ2v) is 6.67. The van der Waals surface area contributed by atoms with E-state index in [1.165, 1.54) is 32.9 Å². The Labute approximate surface area is 139 Å². The number of nitrogens with zero attached hydrogens (tertiary/aromatic N) is 1. The van der Waals surface area contributed by atoms with E-state index in [1.54, 1.807) is 11.3 Å². The van der Waals surface area contributed by atoms with Crippen LogP contribution < -0.4 is 5.73 Å². The van der Waals surface area contributed by atoms with Gasteiger partial charge in [-0.05, 0) is 36.8 Å². The summed E-state index contributed by atoms with van der Waals surface area (Å²) in [6.45, 7) is 0.748. The number of aromatic amines is 1. The van der Waals surface area contributed by atoms with Crippen LogP contribution >= 0.6 is 11.3 Å². The summed E-state index contributed by atoms with van der Waals surface area (Å²) in [7, 11) is 0. The van der Waals surface area contributed by atoms with Gasteiger partial charge in [-0.3, -0.25) is 0 Å². The molecule has 4 heteroatoms. The van der Waals surface area contributed by atoms with Crippen molar-refractivity contribution in [3.8, 4) is 10.7 Å². The molecular weight excluding hydrogens is 302 g/mol. The Morgan fingerprint density at radius 1 is 1.04 bits per heavy atom. The molecule has 4 rings (SSSR count). The minimum Gasteiger partial charge on any atom is -0.352 e. The Morgan fingerprint density at radius 3 is 2.78 bits per heavy atom. The largest absolute Gasteiger partial charge is 0.352 e. The number of aromatic nitrogens is 2. The van der Waals surface area contributed by atoms with Gasteiger partial charge >= 0.3 is 0 Å². The number of fused-ring (bicyclic) bond motifs is 3. The lowest BCUT2D eigenvalue weighted by atomic mass is 10.0. The highest BCUT2D eigenvalue weighted by Crippen LogP contribution is 2.35. The molecule has 0 spiro atoms. The summed E-state index contributed by atoms with van der Waals surface area (Å²) in [5.41, 5.74) is 9.43. The lowest BCUT2D eigenvalue weighted by Crippen LogP contribution is -1.99. The fraction of sp³-hybridized carbons (Fsp3) is 0.211. The Kier molecular flexibility index (Phi) is 3.85. The third-order valence-electron chi connectivity index (χ3n) is 4.33. The molecule has 2 heterocycles. The number of hydrogen-bond donors (Lipinski definition) is 2. The van der Waals surface area contributed by atoms with E-state index >= 15 is 0 Å². The maximum absolute atomic E-state index is 5.67. The number of hydrogen-bond acceptors (Lipinski definition) is 3. The van der Waals surface area contributed by atoms with Gasteiger partial charge in [0.15, 0.2) is 0 Å². The molecule has 3 nitrogen and oxygen atoms in total. The molecule has 2 aromatic carbocycles. The predicted molar refractivity (Wildman–Crippen MR) is 98.9 cm³/mol. The van der Waals surface area contributed by atoms with Crippen LogP contribution in [0.2, 0.25) is 0 Å². The summed E-state index contributed by atoms with van der Waals surface area (Å²) in [6, 6.07) is 13.0. The number of rotatable bonds is 5. The number of unbranched alkanes of at least 4 members (excludes halogenated alkanes) is 1. The van der Waals surface area contributed by atoms with E-state index in [9.17, 15) is 0 Å². The zero-order valence-electron chi connectivity index (χ0n) is 12.9. The molecule has 0 unspecified atom stereocenters. The van der Waals surface area contributed by atoms with Crippen LogP contribution in [0.3, 0.4) is 0 Å². The fourth-order valence-corrected chi connectivity index (χ4v) is 3.89. The van der Waals surface area contributed by atoms with Crippen LogP contribution in [0.1, 0.15) is 18.4 Å². The van der Waals surface area contributed by atoms with Gasteiger partial charge < -0.3 is 10.7 Å². The molecule has 0 aliphatic carbocycles. The molecule has 3 N–H and O–H groups in total. The van der Waals surface area contributed by atoms with Gasteiger partial charge in [-0.25, -0.2) is 4.98 Å². The maximum atomic E-state index is 5.67. The molecule has 0 fully saturated rings. The van der Waals surface area contributed by atoms with Crippen LogP contribution in [0, 0.1) is 0 Å². The number of nitrogens with two attached hydrogens (primary N) is 1. The number of H-pyrrole nitrogens is 1. The van der Waals surface area contributed by atoms with Gasteiger partial charge in [0.05, 0.1) is 11.2 Å². The van der Waals surface area contributed by atoms with E-state index in [4.69, 9.17) is 5.73 Å². The maximum Gasteiger partial charge on any atom is 0.139 e. The summed E-state index contributed by atoms with van der Waals surface area (Å²) in [4.78, 5) is 8.17. The van der Waals surface area contributed by atoms with E-state index in [1.807, 2.05) is 11.6 Å². The van der Waals surface area contributed by atoms with Gasteiger partial charge in [-0.2, -0.15) is 0 Å². The molecule has 2 aromatic heterocycles. The van der Waals surface area contributed by atoms with Crippen molar-refractivity contribution in [1.29, 1.82) is 0 Å². The molecule has 0 saturated carbocycles. The highest BCUT2D eigenvalue weighted by Gasteiger charge is 2.16. The first kappa shape index (κ1) is 14.4. The number of thiazole rings is 1. The first-order valence-electron chi connectivity index (χ1n) is 8.00. The van der Waals surface area contributed by atoms with Crippen molar-refractivity contribution in [3.63, 3.8) is 0 Å². The van der Waals surface area contributed by atoms with E-state index in [0.717, 1.165) is 30.8 Å². The lowest BCUT2D eigenvalue weighted by Gasteiger charge is -2.03. The van der Waals surface area contributed by atoms with Crippen molar-refractivity contribution < 1.29 is 0 Å². The summed E-state index contributed by atoms with van der Waals surface area (Å²) in [5, 5.41) is 6.94. The molecule has 0 radical (unpaired) electrons. The van der Waals surface area contributed by atoms with Gasteiger partial charge in [0.2, 0.25) is 0 Å². The zero-order chi connectivity index (χ0) is 15.6. The third kappa shape index (κ3) is 2.54. The minimum atomic E-state index is 0.748. The van der Waals surface area contributed by atoms with Crippen molar-refractivity contribution >= 4 is 33.0 Å². The second kappa shape index (κ2) is 6.14. The summed E-state index contributed by atoms with van der Waals surface area (Å²) in [6.07, 6.45) is 5.06. The Morgan fingerprint density at radius 2 is 1.96 bits per heavy atom. The van der Waals surface area contributed by atoms with Crippen molar-refractivity contribution in [2.75, 3.05) is 6.54 Å². The summed E-state index contributed by atoms with van der Waals surface area (Å²) >= 11 is 1.68. The van der Waals surface area contributed by atoms with Crippen LogP contribution in [0.25, 0.3) is 32.4 Å². The van der Waals surface area contributed by atoms with Crippen molar-refractivity contribution in [2.24, 2.45) is 5.73 Å². The number of benzene rings is 2. The van der Waals surface area contributed by atoms with Crippen molar-refractivity contribution in [1.82, 2.24) is 9.97 Å². The Balaban J connectivity index is 1.95. The van der Waals surface area contributed by atoms with Crippen LogP contribution in [-0.4, -0.2) is 16.5 Å². The van der Waals surface area contributed by atoms with E-state index in [-0.39, 0.29) is 0 Å². The number of aryl methyl sites for hydroxylation is 1. The van der Waals surface area contributed by atoms with Gasteiger partial charge in [0.25, 0.3) is 0 Å². The minimum absolute atomic E-state index is 0.748. The molecule has 0 bridgehead atoms. The van der Waals surface area contributed by atoms with Crippen LogP contribution in [0.15, 0.2) is 48.0 Å². The highest BCUT2D eigenvalue weighted by molar-refractivity contribution is 7.13. The highest BCUT2D eigenvalue weighted by atomic mass is 32.1. The molecular formula is C19H19N3S. The van der Waals surface area contributed by atoms with E-state index < -0.39 is 0 Å². The van der Waals surface area contributed by atoms with E-state index in [0.29, 0.717) is 0 Å². The van der Waals surface area contributed by atoms with Crippen molar-refractivity contribution in [2.45, 2.75) is 19.3 Å². The number of nitrogens with one attached hydrogen (secondary N) is 1. The first-order valence-corrected chi connectivity index (χ1v) is 8.88. The molecule has 23 heavy (non-hydrogen) atoms. The van der Waals surface area contributed by atoms with Crippen LogP contribution in [-0.2, 0) is 6.42 Å². The topological polar surface area (TPSA) is 54.7 Å². The average molecular weight is 321 g/mol. The first-order chi connectivity index (χ1) is 11.4. The fourth-order valence-electron chi connectivity index (χ4n) is 3.23. The SMILES string of the molecule is NCCCCc1c(-c2nccs2)[nH]c2c1ccc1ccccc12. The van der Waals surface area contributed by atoms with Gasteiger partial charge in [-0.15, -0.1) is 11.3 Å². The standard InChI is InChI=1S/C19H19N3S/c20-10-4-3-7-15-16-9-8-13-5-1-2-6-14(13)17(16)22-18(15)19-21-11-12-23-19/h1-2,5-6,8-9,11-12,22H,3-4,7,10,20H2.